The summed E-state index contributed by atoms with van der Waals surface area (Å²) >= 11 is 0. The molecule has 0 bridgehead atoms. The van der Waals surface area contributed by atoms with Crippen LogP contribution in [0.25, 0.3) is 0 Å². The highest BCUT2D eigenvalue weighted by Gasteiger charge is 2.24. The molecule has 1 aromatic carbocycles. The zero-order valence-electron chi connectivity index (χ0n) is 15.5. The minimum atomic E-state index is -0.202. The van der Waals surface area contributed by atoms with Gasteiger partial charge in [0.1, 0.15) is 0 Å². The summed E-state index contributed by atoms with van der Waals surface area (Å²) in [6.07, 6.45) is 3.09. The van der Waals surface area contributed by atoms with Gasteiger partial charge in [-0.2, -0.15) is 0 Å². The van der Waals surface area contributed by atoms with Crippen molar-refractivity contribution < 1.29 is 14.3 Å². The molecular weight excluding hydrogens is 330 g/mol. The second kappa shape index (κ2) is 9.14. The molecule has 6 heteroatoms. The van der Waals surface area contributed by atoms with Crippen LogP contribution in [-0.2, 0) is 9.53 Å². The van der Waals surface area contributed by atoms with E-state index < -0.39 is 0 Å². The molecule has 1 unspecified atom stereocenters. The highest BCUT2D eigenvalue weighted by atomic mass is 16.5. The van der Waals surface area contributed by atoms with E-state index in [-0.39, 0.29) is 24.4 Å². The molecule has 1 atom stereocenters. The lowest BCUT2D eigenvalue weighted by Crippen LogP contribution is -2.48. The number of nitrogens with one attached hydrogen (secondary N) is 2. The van der Waals surface area contributed by atoms with Crippen molar-refractivity contribution in [1.29, 1.82) is 0 Å². The minimum absolute atomic E-state index is 0.0206. The first kappa shape index (κ1) is 18.9. The van der Waals surface area contributed by atoms with Gasteiger partial charge in [-0.15, -0.1) is 0 Å². The number of rotatable bonds is 6. The number of hydrogen-bond acceptors (Lipinski definition) is 4. The molecule has 0 saturated carbocycles. The van der Waals surface area contributed by atoms with E-state index in [2.05, 4.69) is 15.5 Å². The average Bonchev–Trinajstić information content (AvgIpc) is 3.15. The third kappa shape index (κ3) is 5.29. The predicted octanol–water partition coefficient (Wildman–Crippen LogP) is 1.34. The van der Waals surface area contributed by atoms with Gasteiger partial charge in [0.15, 0.2) is 0 Å². The smallest absolute Gasteiger partial charge is 0.251 e. The average molecular weight is 359 g/mol. The molecule has 0 aromatic heterocycles. The first-order chi connectivity index (χ1) is 12.6. The third-order valence-corrected chi connectivity index (χ3v) is 5.29. The van der Waals surface area contributed by atoms with Crippen LogP contribution in [0.15, 0.2) is 24.3 Å². The van der Waals surface area contributed by atoms with Gasteiger partial charge in [-0.05, 0) is 43.7 Å². The Kier molecular flexibility index (Phi) is 6.63. The van der Waals surface area contributed by atoms with Crippen molar-refractivity contribution in [3.63, 3.8) is 0 Å². The molecule has 26 heavy (non-hydrogen) atoms. The molecule has 0 aliphatic carbocycles. The molecule has 2 saturated heterocycles. The quantitative estimate of drug-likeness (QED) is 0.804. The summed E-state index contributed by atoms with van der Waals surface area (Å²) in [6.45, 7) is 6.82. The fourth-order valence-corrected chi connectivity index (χ4v) is 3.71. The van der Waals surface area contributed by atoms with Crippen LogP contribution in [0.4, 0.5) is 0 Å². The second-order valence-electron chi connectivity index (χ2n) is 7.37. The van der Waals surface area contributed by atoms with E-state index in [0.29, 0.717) is 11.5 Å². The first-order valence-electron chi connectivity index (χ1n) is 9.55. The molecule has 2 amide bonds. The molecule has 2 aliphatic heterocycles. The summed E-state index contributed by atoms with van der Waals surface area (Å²) < 4.78 is 5.44. The van der Waals surface area contributed by atoms with Gasteiger partial charge in [0.05, 0.1) is 13.2 Å². The molecule has 0 radical (unpaired) electrons. The van der Waals surface area contributed by atoms with Crippen molar-refractivity contribution in [1.82, 2.24) is 15.5 Å². The van der Waals surface area contributed by atoms with Gasteiger partial charge >= 0.3 is 0 Å². The predicted molar refractivity (Wildman–Crippen MR) is 100 cm³/mol. The summed E-state index contributed by atoms with van der Waals surface area (Å²) in [5.74, 6) is 0.347. The topological polar surface area (TPSA) is 70.7 Å². The third-order valence-electron chi connectivity index (χ3n) is 5.29. The number of amides is 2. The lowest BCUT2D eigenvalue weighted by Gasteiger charge is -2.33. The molecular formula is C20H29N3O3. The Balaban J connectivity index is 1.35. The van der Waals surface area contributed by atoms with Crippen molar-refractivity contribution in [2.75, 3.05) is 39.4 Å². The second-order valence-corrected chi connectivity index (χ2v) is 7.37. The number of carbonyl (C=O) groups is 2. The van der Waals surface area contributed by atoms with E-state index in [9.17, 15) is 9.59 Å². The Hall–Kier alpha value is -1.92. The highest BCUT2D eigenvalue weighted by Crippen LogP contribution is 2.17. The van der Waals surface area contributed by atoms with E-state index in [1.165, 1.54) is 0 Å². The van der Waals surface area contributed by atoms with Crippen LogP contribution < -0.4 is 10.6 Å². The highest BCUT2D eigenvalue weighted by molar-refractivity contribution is 5.97. The van der Waals surface area contributed by atoms with Crippen LogP contribution in [0.5, 0.6) is 0 Å². The summed E-state index contributed by atoms with van der Waals surface area (Å²) in [5, 5.41) is 5.76. The number of hydrogen-bond donors (Lipinski definition) is 2. The Morgan fingerprint density at radius 3 is 2.65 bits per heavy atom. The van der Waals surface area contributed by atoms with Crippen LogP contribution in [0.3, 0.4) is 0 Å². The Bertz CT molecular complexity index is 620. The first-order valence-corrected chi connectivity index (χ1v) is 9.55. The number of ether oxygens (including phenoxy) is 1. The van der Waals surface area contributed by atoms with Crippen LogP contribution in [-0.4, -0.2) is 62.1 Å². The van der Waals surface area contributed by atoms with E-state index in [1.54, 1.807) is 6.07 Å². The van der Waals surface area contributed by atoms with E-state index in [1.807, 2.05) is 25.1 Å². The maximum absolute atomic E-state index is 12.2. The summed E-state index contributed by atoms with van der Waals surface area (Å²) in [6, 6.07) is 7.58. The van der Waals surface area contributed by atoms with Crippen molar-refractivity contribution >= 4 is 11.8 Å². The van der Waals surface area contributed by atoms with Gasteiger partial charge < -0.3 is 20.3 Å². The van der Waals surface area contributed by atoms with Gasteiger partial charge in [-0.25, -0.2) is 0 Å². The van der Waals surface area contributed by atoms with Crippen molar-refractivity contribution in [2.24, 2.45) is 5.92 Å². The molecule has 2 heterocycles. The fraction of sp³-hybridized carbons (Fsp3) is 0.600. The lowest BCUT2D eigenvalue weighted by molar-refractivity contribution is -0.121. The molecule has 3 rings (SSSR count). The maximum atomic E-state index is 12.2. The van der Waals surface area contributed by atoms with Gasteiger partial charge in [0, 0.05) is 37.8 Å². The van der Waals surface area contributed by atoms with E-state index in [0.717, 1.165) is 57.7 Å². The number of piperidine rings is 1. The van der Waals surface area contributed by atoms with E-state index in [4.69, 9.17) is 4.74 Å². The van der Waals surface area contributed by atoms with Crippen molar-refractivity contribution in [2.45, 2.75) is 32.2 Å². The van der Waals surface area contributed by atoms with Gasteiger partial charge in [-0.3, -0.25) is 9.59 Å². The standard InChI is InChI=1S/C20H29N3O3/c1-15-4-2-3-5-18(15)20(25)21-12-19(24)22-17-6-9-23(10-7-17)13-16-8-11-26-14-16/h2-5,16-17H,6-14H2,1H3,(H,21,25)(H,22,24). The Labute approximate surface area is 155 Å². The molecule has 1 aromatic rings. The largest absolute Gasteiger partial charge is 0.381 e. The number of nitrogens with zero attached hydrogens (tertiary/aromatic N) is 1. The Morgan fingerprint density at radius 2 is 1.96 bits per heavy atom. The normalized spacial score (nSPS) is 21.5. The SMILES string of the molecule is Cc1ccccc1C(=O)NCC(=O)NC1CCN(CC2CCOC2)CC1. The van der Waals surface area contributed by atoms with Gasteiger partial charge in [0.2, 0.25) is 5.91 Å². The van der Waals surface area contributed by atoms with Crippen LogP contribution in [0, 0.1) is 12.8 Å². The molecule has 2 N–H and O–H groups in total. The van der Waals surface area contributed by atoms with Gasteiger partial charge in [0.25, 0.3) is 5.91 Å². The summed E-state index contributed by atoms with van der Waals surface area (Å²) in [4.78, 5) is 26.8. The minimum Gasteiger partial charge on any atom is -0.381 e. The molecule has 0 spiro atoms. The number of likely N-dealkylation sites (tertiary alicyclic amines) is 1. The van der Waals surface area contributed by atoms with Crippen LogP contribution in [0.2, 0.25) is 0 Å². The molecule has 2 fully saturated rings. The zero-order chi connectivity index (χ0) is 18.4. The van der Waals surface area contributed by atoms with Crippen molar-refractivity contribution in [3.8, 4) is 0 Å². The fourth-order valence-electron chi connectivity index (χ4n) is 3.71. The number of carbonyl (C=O) groups excluding carboxylic acids is 2. The maximum Gasteiger partial charge on any atom is 0.251 e. The summed E-state index contributed by atoms with van der Waals surface area (Å²) in [5.41, 5.74) is 1.52. The van der Waals surface area contributed by atoms with Crippen LogP contribution >= 0.6 is 0 Å². The van der Waals surface area contributed by atoms with Crippen LogP contribution in [0.1, 0.15) is 35.2 Å². The number of aryl methyl sites for hydroxylation is 1. The molecule has 6 nitrogen and oxygen atoms in total. The molecule has 142 valence electrons. The van der Waals surface area contributed by atoms with Crippen molar-refractivity contribution in [3.05, 3.63) is 35.4 Å². The van der Waals surface area contributed by atoms with E-state index >= 15 is 0 Å². The summed E-state index contributed by atoms with van der Waals surface area (Å²) in [7, 11) is 0. The number of benzene rings is 1. The zero-order valence-corrected chi connectivity index (χ0v) is 15.5. The monoisotopic (exact) mass is 359 g/mol. The lowest BCUT2D eigenvalue weighted by atomic mass is 10.0. The van der Waals surface area contributed by atoms with Gasteiger partial charge in [-0.1, -0.05) is 18.2 Å². The Morgan fingerprint density at radius 1 is 1.19 bits per heavy atom. The molecule has 2 aliphatic rings.